The molecule has 280 valence electrons. The van der Waals surface area contributed by atoms with Crippen molar-refractivity contribution in [1.29, 1.82) is 0 Å². The molecular weight excluding hydrogens is 711 g/mol. The zero-order chi connectivity index (χ0) is 39.6. The molecule has 0 heterocycles. The third-order valence-corrected chi connectivity index (χ3v) is 13.0. The van der Waals surface area contributed by atoms with Gasteiger partial charge in [0, 0.05) is 22.5 Å². The van der Waals surface area contributed by atoms with E-state index < -0.39 is 5.41 Å². The first-order valence-corrected chi connectivity index (χ1v) is 20.7. The highest BCUT2D eigenvalue weighted by atomic mass is 15.1. The van der Waals surface area contributed by atoms with Crippen LogP contribution in [-0.2, 0) is 10.8 Å². The molecule has 59 heavy (non-hydrogen) atoms. The third kappa shape index (κ3) is 5.39. The topological polar surface area (TPSA) is 3.24 Å². The molecule has 0 unspecified atom stereocenters. The number of benzene rings is 9. The van der Waals surface area contributed by atoms with Crippen molar-refractivity contribution in [3.05, 3.63) is 258 Å². The number of anilines is 3. The first kappa shape index (κ1) is 35.0. The van der Waals surface area contributed by atoms with Gasteiger partial charge < -0.3 is 4.90 Å². The van der Waals surface area contributed by atoms with Gasteiger partial charge in [0.15, 0.2) is 0 Å². The van der Waals surface area contributed by atoms with Gasteiger partial charge in [-0.1, -0.05) is 202 Å². The number of fused-ring (bicyclic) bond motifs is 9. The van der Waals surface area contributed by atoms with Crippen LogP contribution in [0.5, 0.6) is 0 Å². The van der Waals surface area contributed by atoms with Crippen LogP contribution < -0.4 is 4.90 Å². The van der Waals surface area contributed by atoms with Gasteiger partial charge in [-0.05, 0) is 114 Å². The number of nitrogens with zero attached hydrogens (tertiary/aromatic N) is 1. The molecule has 0 N–H and O–H groups in total. The summed E-state index contributed by atoms with van der Waals surface area (Å²) < 4.78 is 0. The smallest absolute Gasteiger partial charge is 0.0719 e. The average molecular weight is 754 g/mol. The highest BCUT2D eigenvalue weighted by molar-refractivity contribution is 5.97. The molecular formula is C58H43N. The van der Waals surface area contributed by atoms with Crippen LogP contribution in [0, 0.1) is 0 Å². The molecule has 0 fully saturated rings. The van der Waals surface area contributed by atoms with Crippen LogP contribution in [0.25, 0.3) is 44.5 Å². The van der Waals surface area contributed by atoms with Gasteiger partial charge in [-0.3, -0.25) is 0 Å². The molecule has 2 aliphatic rings. The minimum atomic E-state index is -0.420. The fourth-order valence-corrected chi connectivity index (χ4v) is 10.3. The Morgan fingerprint density at radius 1 is 0.288 bits per heavy atom. The van der Waals surface area contributed by atoms with E-state index in [1.54, 1.807) is 0 Å². The lowest BCUT2D eigenvalue weighted by Gasteiger charge is -2.46. The number of hydrogen-bond donors (Lipinski definition) is 0. The van der Waals surface area contributed by atoms with Crippen molar-refractivity contribution in [1.82, 2.24) is 0 Å². The Bertz CT molecular complexity index is 2940. The lowest BCUT2D eigenvalue weighted by Crippen LogP contribution is -2.40. The van der Waals surface area contributed by atoms with E-state index in [2.05, 4.69) is 243 Å². The Labute approximate surface area is 347 Å². The summed E-state index contributed by atoms with van der Waals surface area (Å²) >= 11 is 0. The Kier molecular flexibility index (Phi) is 8.13. The summed E-state index contributed by atoms with van der Waals surface area (Å²) in [5.41, 5.74) is 20.9. The normalized spacial score (nSPS) is 13.9. The van der Waals surface area contributed by atoms with E-state index in [1.165, 1.54) is 77.9 Å². The van der Waals surface area contributed by atoms with Gasteiger partial charge >= 0.3 is 0 Å². The minimum Gasteiger partial charge on any atom is -0.310 e. The van der Waals surface area contributed by atoms with E-state index >= 15 is 0 Å². The summed E-state index contributed by atoms with van der Waals surface area (Å²) in [5, 5.41) is 0. The molecule has 0 radical (unpaired) electrons. The van der Waals surface area contributed by atoms with Crippen LogP contribution in [-0.4, -0.2) is 0 Å². The summed E-state index contributed by atoms with van der Waals surface area (Å²) in [7, 11) is 0. The van der Waals surface area contributed by atoms with Gasteiger partial charge in [-0.25, -0.2) is 0 Å². The van der Waals surface area contributed by atoms with Gasteiger partial charge in [0.1, 0.15) is 0 Å². The minimum absolute atomic E-state index is 0.127. The van der Waals surface area contributed by atoms with E-state index in [4.69, 9.17) is 0 Å². The van der Waals surface area contributed by atoms with E-state index in [1.807, 2.05) is 0 Å². The van der Waals surface area contributed by atoms with Gasteiger partial charge in [0.2, 0.25) is 0 Å². The molecule has 11 rings (SSSR count). The Morgan fingerprint density at radius 3 is 1.32 bits per heavy atom. The zero-order valence-corrected chi connectivity index (χ0v) is 33.3. The lowest BCUT2D eigenvalue weighted by atomic mass is 9.55. The summed E-state index contributed by atoms with van der Waals surface area (Å²) in [6.45, 7) is 4.77. The molecule has 1 nitrogen and oxygen atoms in total. The molecule has 0 bridgehead atoms. The van der Waals surface area contributed by atoms with E-state index in [-0.39, 0.29) is 5.41 Å². The molecule has 1 heteroatoms. The summed E-state index contributed by atoms with van der Waals surface area (Å²) in [4.78, 5) is 2.38. The average Bonchev–Trinajstić information content (AvgIpc) is 3.61. The lowest BCUT2D eigenvalue weighted by molar-refractivity contribution is 0.563. The Morgan fingerprint density at radius 2 is 0.712 bits per heavy atom. The van der Waals surface area contributed by atoms with Crippen LogP contribution in [0.15, 0.2) is 224 Å². The number of rotatable bonds is 6. The highest BCUT2D eigenvalue weighted by Gasteiger charge is 2.53. The molecule has 0 saturated heterocycles. The summed E-state index contributed by atoms with van der Waals surface area (Å²) in [6.07, 6.45) is 0. The maximum atomic E-state index is 2.39. The predicted octanol–water partition coefficient (Wildman–Crippen LogP) is 15.2. The second-order valence-corrected chi connectivity index (χ2v) is 16.5. The van der Waals surface area contributed by atoms with Crippen molar-refractivity contribution in [3.63, 3.8) is 0 Å². The highest BCUT2D eigenvalue weighted by Crippen LogP contribution is 2.63. The Hall–Kier alpha value is -7.22. The van der Waals surface area contributed by atoms with Crippen molar-refractivity contribution in [3.8, 4) is 44.5 Å². The quantitative estimate of drug-likeness (QED) is 0.163. The number of hydrogen-bond acceptors (Lipinski definition) is 1. The first-order valence-electron chi connectivity index (χ1n) is 20.7. The zero-order valence-electron chi connectivity index (χ0n) is 33.3. The van der Waals surface area contributed by atoms with Crippen LogP contribution in [0.3, 0.4) is 0 Å². The van der Waals surface area contributed by atoms with Crippen LogP contribution in [0.2, 0.25) is 0 Å². The first-order chi connectivity index (χ1) is 29.0. The molecule has 0 atom stereocenters. The molecule has 0 saturated carbocycles. The summed E-state index contributed by atoms with van der Waals surface area (Å²) in [6, 6.07) is 82.8. The van der Waals surface area contributed by atoms with Crippen LogP contribution in [0.4, 0.5) is 17.1 Å². The molecule has 9 aromatic rings. The van der Waals surface area contributed by atoms with Crippen molar-refractivity contribution in [2.24, 2.45) is 0 Å². The van der Waals surface area contributed by atoms with Gasteiger partial charge in [-0.15, -0.1) is 0 Å². The predicted molar refractivity (Wildman–Crippen MR) is 247 cm³/mol. The van der Waals surface area contributed by atoms with Gasteiger partial charge in [0.25, 0.3) is 0 Å². The second-order valence-electron chi connectivity index (χ2n) is 16.5. The van der Waals surface area contributed by atoms with E-state index in [0.29, 0.717) is 0 Å². The SMILES string of the molecule is CC1(C)c2ccccc2C2(c3ccccc3-c3c(-c4ccc(N(c5ccc(-c6ccccc6)cc5)c5cccc(-c6ccccc6)c5)cc4)cccc32)c2ccccc21. The van der Waals surface area contributed by atoms with Crippen molar-refractivity contribution in [2.45, 2.75) is 24.7 Å². The fraction of sp³-hybridized carbons (Fsp3) is 0.0690. The molecule has 2 aliphatic carbocycles. The Balaban J connectivity index is 1.06. The monoisotopic (exact) mass is 753 g/mol. The molecule has 9 aromatic carbocycles. The van der Waals surface area contributed by atoms with E-state index in [9.17, 15) is 0 Å². The van der Waals surface area contributed by atoms with Crippen molar-refractivity contribution in [2.75, 3.05) is 4.90 Å². The van der Waals surface area contributed by atoms with Crippen molar-refractivity contribution < 1.29 is 0 Å². The van der Waals surface area contributed by atoms with Gasteiger partial charge in [0.05, 0.1) is 5.41 Å². The van der Waals surface area contributed by atoms with Crippen LogP contribution in [0.1, 0.15) is 47.2 Å². The maximum absolute atomic E-state index is 2.39. The van der Waals surface area contributed by atoms with E-state index in [0.717, 1.165) is 17.1 Å². The standard InChI is InChI=1S/C58H43N/c1-57(2)51-26-11-13-28-53(51)58(54-29-14-12-27-52(54)57)50-25-10-9-23-49(50)56-48(24-16-30-55(56)58)43-33-37-46(38-34-43)59(45-35-31-42(32-36-45)40-17-5-3-6-18-40)47-22-15-21-44(39-47)41-19-7-4-8-20-41/h3-39H,1-2H3. The second kappa shape index (κ2) is 13.7. The largest absolute Gasteiger partial charge is 0.310 e. The molecule has 0 aliphatic heterocycles. The molecule has 0 aromatic heterocycles. The molecule has 0 amide bonds. The van der Waals surface area contributed by atoms with Crippen molar-refractivity contribution >= 4 is 17.1 Å². The van der Waals surface area contributed by atoms with Gasteiger partial charge in [-0.2, -0.15) is 0 Å². The van der Waals surface area contributed by atoms with Crippen LogP contribution >= 0.6 is 0 Å². The molecule has 1 spiro atoms. The maximum Gasteiger partial charge on any atom is 0.0719 e. The summed E-state index contributed by atoms with van der Waals surface area (Å²) in [5.74, 6) is 0. The third-order valence-electron chi connectivity index (χ3n) is 13.0. The fourth-order valence-electron chi connectivity index (χ4n) is 10.3.